The summed E-state index contributed by atoms with van der Waals surface area (Å²) in [5, 5.41) is 22.3. The van der Waals surface area contributed by atoms with Crippen molar-refractivity contribution in [3.8, 4) is 11.3 Å². The zero-order chi connectivity index (χ0) is 19.0. The normalized spacial score (nSPS) is 15.5. The number of aliphatic hydroxyl groups is 1. The highest BCUT2D eigenvalue weighted by Gasteiger charge is 2.33. The van der Waals surface area contributed by atoms with Crippen molar-refractivity contribution in [1.82, 2.24) is 9.88 Å². The topological polar surface area (TPSA) is 60.2 Å². The third-order valence-corrected chi connectivity index (χ3v) is 5.94. The van der Waals surface area contributed by atoms with E-state index in [0.29, 0.717) is 28.0 Å². The van der Waals surface area contributed by atoms with Gasteiger partial charge in [-0.1, -0.05) is 60.1 Å². The molecule has 2 aromatic carbocycles. The van der Waals surface area contributed by atoms with Crippen LogP contribution in [0, 0.1) is 5.41 Å². The van der Waals surface area contributed by atoms with Crippen molar-refractivity contribution < 1.29 is 5.11 Å². The molecule has 0 amide bonds. The van der Waals surface area contributed by atoms with Crippen LogP contribution in [0.15, 0.2) is 65.7 Å². The molecule has 1 atom stereocenters. The Balaban J connectivity index is 1.62. The molecule has 27 heavy (non-hydrogen) atoms. The molecule has 3 aromatic rings. The van der Waals surface area contributed by atoms with Crippen LogP contribution >= 0.6 is 22.9 Å². The predicted molar refractivity (Wildman–Crippen MR) is 111 cm³/mol. The second-order valence-electron chi connectivity index (χ2n) is 6.40. The maximum atomic E-state index is 10.6. The number of benzene rings is 2. The Kier molecular flexibility index (Phi) is 4.72. The third kappa shape index (κ3) is 3.24. The number of aliphatic hydroxyl groups excluding tert-OH is 1. The van der Waals surface area contributed by atoms with Crippen LogP contribution in [0.4, 0.5) is 0 Å². The van der Waals surface area contributed by atoms with Gasteiger partial charge in [-0.2, -0.15) is 0 Å². The molecule has 0 saturated carbocycles. The molecule has 2 heterocycles. The Morgan fingerprint density at radius 1 is 1.15 bits per heavy atom. The average Bonchev–Trinajstić information content (AvgIpc) is 3.26. The number of hydrogen-bond donors (Lipinski definition) is 2. The summed E-state index contributed by atoms with van der Waals surface area (Å²) in [6.07, 6.45) is 0. The van der Waals surface area contributed by atoms with E-state index in [1.165, 1.54) is 11.3 Å². The Labute approximate surface area is 166 Å². The van der Waals surface area contributed by atoms with Gasteiger partial charge in [-0.05, 0) is 18.6 Å². The number of nitrogens with one attached hydrogen (secondary N) is 1. The largest absolute Gasteiger partial charge is 0.510 e. The van der Waals surface area contributed by atoms with E-state index in [1.807, 2.05) is 71.8 Å². The van der Waals surface area contributed by atoms with Crippen LogP contribution in [0.1, 0.15) is 23.5 Å². The molecule has 2 N–H and O–H groups in total. The van der Waals surface area contributed by atoms with Gasteiger partial charge in [-0.25, -0.2) is 4.98 Å². The predicted octanol–water partition coefficient (Wildman–Crippen LogP) is 5.79. The maximum absolute atomic E-state index is 10.6. The lowest BCUT2D eigenvalue weighted by atomic mass is 10.1. The van der Waals surface area contributed by atoms with E-state index in [1.54, 1.807) is 0 Å². The Morgan fingerprint density at radius 2 is 1.85 bits per heavy atom. The molecule has 136 valence electrons. The Bertz CT molecular complexity index is 1030. The van der Waals surface area contributed by atoms with E-state index in [-0.39, 0.29) is 11.8 Å². The van der Waals surface area contributed by atoms with Crippen LogP contribution in [-0.4, -0.2) is 27.4 Å². The summed E-state index contributed by atoms with van der Waals surface area (Å²) < 4.78 is 0. The van der Waals surface area contributed by atoms with Gasteiger partial charge in [0.25, 0.3) is 0 Å². The zero-order valence-corrected chi connectivity index (χ0v) is 16.3. The van der Waals surface area contributed by atoms with Gasteiger partial charge in [-0.3, -0.25) is 5.41 Å². The van der Waals surface area contributed by atoms with Crippen LogP contribution in [0.2, 0.25) is 5.02 Å². The minimum atomic E-state index is -0.0126. The van der Waals surface area contributed by atoms with E-state index < -0.39 is 0 Å². The Morgan fingerprint density at radius 3 is 2.59 bits per heavy atom. The standard InChI is InChI=1S/C21H18ClN3OS/c1-13(14-7-3-2-4-8-14)25-11-18(26)19(20(25)23)21-24-17(12-27-21)15-9-5-6-10-16(15)22/h2-10,12-13,23,26H,11H2,1H3/t13-/m1/s1. The molecule has 1 aromatic heterocycles. The number of hydrogen-bond acceptors (Lipinski definition) is 4. The molecule has 0 bridgehead atoms. The molecule has 0 saturated heterocycles. The first kappa shape index (κ1) is 17.8. The van der Waals surface area contributed by atoms with Crippen molar-refractivity contribution in [1.29, 1.82) is 5.41 Å². The number of aromatic nitrogens is 1. The van der Waals surface area contributed by atoms with Crippen molar-refractivity contribution in [2.45, 2.75) is 13.0 Å². The summed E-state index contributed by atoms with van der Waals surface area (Å²) in [5.74, 6) is 0.478. The molecule has 0 spiro atoms. The average molecular weight is 396 g/mol. The number of rotatable bonds is 4. The summed E-state index contributed by atoms with van der Waals surface area (Å²) in [6.45, 7) is 2.35. The van der Waals surface area contributed by atoms with Crippen LogP contribution in [0.3, 0.4) is 0 Å². The van der Waals surface area contributed by atoms with E-state index in [9.17, 15) is 5.11 Å². The molecule has 1 aliphatic heterocycles. The van der Waals surface area contributed by atoms with Crippen molar-refractivity contribution in [2.24, 2.45) is 0 Å². The number of halogens is 1. The number of amidine groups is 1. The highest BCUT2D eigenvalue weighted by atomic mass is 35.5. The van der Waals surface area contributed by atoms with E-state index >= 15 is 0 Å². The summed E-state index contributed by atoms with van der Waals surface area (Å²) in [7, 11) is 0. The minimum Gasteiger partial charge on any atom is -0.510 e. The summed E-state index contributed by atoms with van der Waals surface area (Å²) in [6, 6.07) is 17.5. The number of nitrogens with zero attached hydrogens (tertiary/aromatic N) is 2. The lowest BCUT2D eigenvalue weighted by Gasteiger charge is -2.26. The summed E-state index contributed by atoms with van der Waals surface area (Å²) >= 11 is 7.68. The third-order valence-electron chi connectivity index (χ3n) is 4.75. The minimum absolute atomic E-state index is 0.0126. The molecule has 0 unspecified atom stereocenters. The van der Waals surface area contributed by atoms with Gasteiger partial charge in [0, 0.05) is 16.0 Å². The van der Waals surface area contributed by atoms with E-state index in [2.05, 4.69) is 4.98 Å². The molecule has 4 nitrogen and oxygen atoms in total. The van der Waals surface area contributed by atoms with Crippen LogP contribution < -0.4 is 0 Å². The molecule has 0 aliphatic carbocycles. The zero-order valence-electron chi connectivity index (χ0n) is 14.7. The maximum Gasteiger partial charge on any atom is 0.135 e. The molecule has 6 heteroatoms. The van der Waals surface area contributed by atoms with Gasteiger partial charge in [0.05, 0.1) is 23.9 Å². The molecule has 1 aliphatic rings. The first-order valence-electron chi connectivity index (χ1n) is 8.59. The summed E-state index contributed by atoms with van der Waals surface area (Å²) in [4.78, 5) is 6.52. The first-order valence-corrected chi connectivity index (χ1v) is 9.85. The number of thiazole rings is 1. The highest BCUT2D eigenvalue weighted by Crippen LogP contribution is 2.36. The van der Waals surface area contributed by atoms with Crippen LogP contribution in [0.5, 0.6) is 0 Å². The molecule has 0 fully saturated rings. The quantitative estimate of drug-likeness (QED) is 0.588. The van der Waals surface area contributed by atoms with Crippen molar-refractivity contribution in [3.05, 3.63) is 81.3 Å². The van der Waals surface area contributed by atoms with Gasteiger partial charge in [0.2, 0.25) is 0 Å². The van der Waals surface area contributed by atoms with Crippen LogP contribution in [0.25, 0.3) is 16.8 Å². The molecular formula is C21H18ClN3OS. The molecule has 0 radical (unpaired) electrons. The van der Waals surface area contributed by atoms with Crippen LogP contribution in [-0.2, 0) is 0 Å². The van der Waals surface area contributed by atoms with E-state index in [4.69, 9.17) is 17.0 Å². The van der Waals surface area contributed by atoms with Gasteiger partial charge in [-0.15, -0.1) is 11.3 Å². The van der Waals surface area contributed by atoms with Crippen molar-refractivity contribution in [2.75, 3.05) is 6.54 Å². The second kappa shape index (κ2) is 7.18. The fourth-order valence-electron chi connectivity index (χ4n) is 3.25. The van der Waals surface area contributed by atoms with Crippen molar-refractivity contribution in [3.63, 3.8) is 0 Å². The van der Waals surface area contributed by atoms with Gasteiger partial charge >= 0.3 is 0 Å². The first-order chi connectivity index (χ1) is 13.1. The van der Waals surface area contributed by atoms with Crippen molar-refractivity contribution >= 4 is 34.3 Å². The lowest BCUT2D eigenvalue weighted by molar-refractivity contribution is 0.310. The SMILES string of the molecule is C[C@H](c1ccccc1)N1CC(O)=C(c2nc(-c3ccccc3Cl)cs2)C1=N. The Hall–Kier alpha value is -2.63. The fourth-order valence-corrected chi connectivity index (χ4v) is 4.37. The lowest BCUT2D eigenvalue weighted by Crippen LogP contribution is -2.29. The molecule has 4 rings (SSSR count). The summed E-state index contributed by atoms with van der Waals surface area (Å²) in [5.41, 5.74) is 3.21. The smallest absolute Gasteiger partial charge is 0.135 e. The molecular weight excluding hydrogens is 378 g/mol. The van der Waals surface area contributed by atoms with E-state index in [0.717, 1.165) is 16.8 Å². The second-order valence-corrected chi connectivity index (χ2v) is 7.67. The fraction of sp³-hybridized carbons (Fsp3) is 0.143. The van der Waals surface area contributed by atoms with Gasteiger partial charge < -0.3 is 10.0 Å². The monoisotopic (exact) mass is 395 g/mol. The highest BCUT2D eigenvalue weighted by molar-refractivity contribution is 7.11. The van der Waals surface area contributed by atoms with Gasteiger partial charge in [0.15, 0.2) is 0 Å². The van der Waals surface area contributed by atoms with Gasteiger partial charge in [0.1, 0.15) is 16.6 Å².